The van der Waals surface area contributed by atoms with Crippen molar-refractivity contribution in [2.75, 3.05) is 23.7 Å². The summed E-state index contributed by atoms with van der Waals surface area (Å²) in [5.74, 6) is 1.94. The number of hydrogen-bond acceptors (Lipinski definition) is 5. The smallest absolute Gasteiger partial charge is 0.290 e. The maximum absolute atomic E-state index is 8.36. The molecule has 1 unspecified atom stereocenters. The van der Waals surface area contributed by atoms with Crippen molar-refractivity contribution in [3.05, 3.63) is 47.8 Å². The van der Waals surface area contributed by atoms with Gasteiger partial charge in [-0.2, -0.15) is 0 Å². The van der Waals surface area contributed by atoms with Crippen LogP contribution in [-0.2, 0) is 4.79 Å². The Kier molecular flexibility index (Phi) is 5.91. The number of benzene rings is 1. The fourth-order valence-electron chi connectivity index (χ4n) is 3.01. The van der Waals surface area contributed by atoms with Crippen molar-refractivity contribution in [2.45, 2.75) is 25.7 Å². The first-order chi connectivity index (χ1) is 11.2. The third-order valence-corrected chi connectivity index (χ3v) is 4.01. The fraction of sp³-hybridized carbons (Fsp3) is 0.353. The molecule has 1 saturated heterocycles. The van der Waals surface area contributed by atoms with E-state index >= 15 is 0 Å². The lowest BCUT2D eigenvalue weighted by Crippen LogP contribution is -2.35. The van der Waals surface area contributed by atoms with Gasteiger partial charge in [-0.1, -0.05) is 24.3 Å². The lowest BCUT2D eigenvalue weighted by Gasteiger charge is -2.34. The molecule has 1 aliphatic heterocycles. The van der Waals surface area contributed by atoms with Crippen LogP contribution in [0, 0.1) is 6.92 Å². The number of piperidine rings is 1. The van der Waals surface area contributed by atoms with Crippen molar-refractivity contribution in [1.82, 2.24) is 9.97 Å². The zero-order valence-corrected chi connectivity index (χ0v) is 13.2. The van der Waals surface area contributed by atoms with Crippen molar-refractivity contribution >= 4 is 18.1 Å². The highest BCUT2D eigenvalue weighted by molar-refractivity contribution is 5.43. The first-order valence-electron chi connectivity index (χ1n) is 7.61. The largest absolute Gasteiger partial charge is 0.483 e. The second-order valence-corrected chi connectivity index (χ2v) is 5.55. The quantitative estimate of drug-likeness (QED) is 0.827. The van der Waals surface area contributed by atoms with Gasteiger partial charge in [0.25, 0.3) is 6.47 Å². The molecule has 2 heterocycles. The minimum atomic E-state index is -0.250. The Bertz CT molecular complexity index is 648. The Morgan fingerprint density at radius 3 is 2.78 bits per heavy atom. The van der Waals surface area contributed by atoms with Crippen LogP contribution in [0.1, 0.15) is 29.9 Å². The number of nitrogen functional groups attached to an aromatic ring is 1. The molecule has 1 atom stereocenters. The van der Waals surface area contributed by atoms with Crippen molar-refractivity contribution < 1.29 is 9.90 Å². The minimum absolute atomic E-state index is 0.250. The van der Waals surface area contributed by atoms with E-state index in [0.29, 0.717) is 11.7 Å². The fourth-order valence-corrected chi connectivity index (χ4v) is 3.01. The molecule has 1 aromatic carbocycles. The molecule has 6 nitrogen and oxygen atoms in total. The van der Waals surface area contributed by atoms with Crippen LogP contribution in [0.5, 0.6) is 0 Å². The number of rotatable bonds is 2. The minimum Gasteiger partial charge on any atom is -0.483 e. The summed E-state index contributed by atoms with van der Waals surface area (Å²) in [5.41, 5.74) is 8.56. The van der Waals surface area contributed by atoms with E-state index < -0.39 is 0 Å². The van der Waals surface area contributed by atoms with Gasteiger partial charge in [-0.15, -0.1) is 0 Å². The van der Waals surface area contributed by atoms with Gasteiger partial charge >= 0.3 is 0 Å². The van der Waals surface area contributed by atoms with Gasteiger partial charge in [0.1, 0.15) is 11.6 Å². The van der Waals surface area contributed by atoms with E-state index in [-0.39, 0.29) is 6.47 Å². The van der Waals surface area contributed by atoms with Gasteiger partial charge in [0.2, 0.25) is 0 Å². The maximum atomic E-state index is 8.36. The Balaban J connectivity index is 0.000000595. The monoisotopic (exact) mass is 314 g/mol. The van der Waals surface area contributed by atoms with Crippen molar-refractivity contribution in [3.63, 3.8) is 0 Å². The van der Waals surface area contributed by atoms with Crippen LogP contribution in [0.4, 0.5) is 11.6 Å². The van der Waals surface area contributed by atoms with Gasteiger partial charge < -0.3 is 15.7 Å². The zero-order valence-electron chi connectivity index (χ0n) is 13.2. The van der Waals surface area contributed by atoms with Crippen molar-refractivity contribution in [2.24, 2.45) is 0 Å². The van der Waals surface area contributed by atoms with Crippen molar-refractivity contribution in [3.8, 4) is 0 Å². The number of hydrogen-bond donors (Lipinski definition) is 2. The van der Waals surface area contributed by atoms with E-state index in [0.717, 1.165) is 18.9 Å². The van der Waals surface area contributed by atoms with Crippen LogP contribution in [0.3, 0.4) is 0 Å². The van der Waals surface area contributed by atoms with Gasteiger partial charge in [0, 0.05) is 19.0 Å². The van der Waals surface area contributed by atoms with Crippen LogP contribution >= 0.6 is 0 Å². The number of nitrogens with zero attached hydrogens (tertiary/aromatic N) is 3. The SMILES string of the molecule is Cc1ccccc1C1CCCN(c2cncc(N)n2)C1.O=CO. The lowest BCUT2D eigenvalue weighted by atomic mass is 9.88. The van der Waals surface area contributed by atoms with Gasteiger partial charge in [-0.3, -0.25) is 9.78 Å². The number of aromatic nitrogens is 2. The molecule has 3 N–H and O–H groups in total. The summed E-state index contributed by atoms with van der Waals surface area (Å²) in [6.07, 6.45) is 5.80. The molecule has 122 valence electrons. The van der Waals surface area contributed by atoms with Gasteiger partial charge in [-0.05, 0) is 30.9 Å². The standard InChI is InChI=1S/C16H20N4.CH2O2/c1-12-5-2-3-7-14(12)13-6-4-8-20(11-13)16-10-18-9-15(17)19-16;2-1-3/h2-3,5,7,9-10,13H,4,6,8,11H2,1H3,(H2,17,19);1H,(H,2,3). The van der Waals surface area contributed by atoms with Gasteiger partial charge in [0.05, 0.1) is 12.4 Å². The molecule has 0 aliphatic carbocycles. The maximum Gasteiger partial charge on any atom is 0.290 e. The average Bonchev–Trinajstić information content (AvgIpc) is 2.56. The van der Waals surface area contributed by atoms with Gasteiger partial charge in [-0.25, -0.2) is 4.98 Å². The molecule has 6 heteroatoms. The Morgan fingerprint density at radius 2 is 2.09 bits per heavy atom. The van der Waals surface area contributed by atoms with Crippen LogP contribution < -0.4 is 10.6 Å². The summed E-state index contributed by atoms with van der Waals surface area (Å²) in [4.78, 5) is 19.2. The number of carboxylic acid groups (broad SMARTS) is 1. The molecule has 0 amide bonds. The molecule has 1 aliphatic rings. The molecule has 3 rings (SSSR count). The molecule has 0 saturated carbocycles. The Morgan fingerprint density at radius 1 is 1.35 bits per heavy atom. The van der Waals surface area contributed by atoms with Crippen LogP contribution in [0.2, 0.25) is 0 Å². The summed E-state index contributed by atoms with van der Waals surface area (Å²) in [7, 11) is 0. The van der Waals surface area contributed by atoms with Crippen LogP contribution in [-0.4, -0.2) is 34.6 Å². The summed E-state index contributed by atoms with van der Waals surface area (Å²) >= 11 is 0. The molecule has 23 heavy (non-hydrogen) atoms. The van der Waals surface area contributed by atoms with E-state index in [4.69, 9.17) is 15.6 Å². The van der Waals surface area contributed by atoms with E-state index in [1.165, 1.54) is 24.0 Å². The summed E-state index contributed by atoms with van der Waals surface area (Å²) < 4.78 is 0. The topological polar surface area (TPSA) is 92.3 Å². The van der Waals surface area contributed by atoms with E-state index in [2.05, 4.69) is 46.1 Å². The third kappa shape index (κ3) is 4.42. The highest BCUT2D eigenvalue weighted by Crippen LogP contribution is 2.30. The molecule has 2 aromatic rings. The van der Waals surface area contributed by atoms with Gasteiger partial charge in [0.15, 0.2) is 0 Å². The highest BCUT2D eigenvalue weighted by atomic mass is 16.3. The number of anilines is 2. The molecular weight excluding hydrogens is 292 g/mol. The van der Waals surface area contributed by atoms with E-state index in [9.17, 15) is 0 Å². The normalized spacial score (nSPS) is 17.1. The predicted octanol–water partition coefficient (Wildman–Crippen LogP) is 2.45. The number of carbonyl (C=O) groups is 1. The van der Waals surface area contributed by atoms with Crippen molar-refractivity contribution in [1.29, 1.82) is 0 Å². The summed E-state index contributed by atoms with van der Waals surface area (Å²) in [6, 6.07) is 8.66. The predicted molar refractivity (Wildman–Crippen MR) is 90.5 cm³/mol. The lowest BCUT2D eigenvalue weighted by molar-refractivity contribution is -0.122. The highest BCUT2D eigenvalue weighted by Gasteiger charge is 2.23. The molecule has 0 radical (unpaired) electrons. The second kappa shape index (κ2) is 8.12. The zero-order chi connectivity index (χ0) is 16.7. The molecule has 1 fully saturated rings. The first kappa shape index (κ1) is 16.7. The van der Waals surface area contributed by atoms with Crippen LogP contribution in [0.25, 0.3) is 0 Å². The number of aryl methyl sites for hydroxylation is 1. The summed E-state index contributed by atoms with van der Waals surface area (Å²) in [6.45, 7) is 3.96. The Hall–Kier alpha value is -2.63. The first-order valence-corrected chi connectivity index (χ1v) is 7.61. The molecule has 1 aromatic heterocycles. The third-order valence-electron chi connectivity index (χ3n) is 4.01. The number of nitrogens with two attached hydrogens (primary N) is 1. The summed E-state index contributed by atoms with van der Waals surface area (Å²) in [5, 5.41) is 6.89. The molecule has 0 bridgehead atoms. The van der Waals surface area contributed by atoms with Crippen LogP contribution in [0.15, 0.2) is 36.7 Å². The Labute approximate surface area is 136 Å². The van der Waals surface area contributed by atoms with E-state index in [1.54, 1.807) is 12.4 Å². The molecule has 0 spiro atoms. The second-order valence-electron chi connectivity index (χ2n) is 5.55. The molecular formula is C17H22N4O2. The average molecular weight is 314 g/mol. The van der Waals surface area contributed by atoms with E-state index in [1.807, 2.05) is 0 Å².